The Bertz CT molecular complexity index is 646. The van der Waals surface area contributed by atoms with Crippen molar-refractivity contribution in [1.82, 2.24) is 0 Å². The van der Waals surface area contributed by atoms with E-state index in [1.165, 1.54) is 4.90 Å². The predicted molar refractivity (Wildman–Crippen MR) is 88.6 cm³/mol. The van der Waals surface area contributed by atoms with Crippen LogP contribution in [0.2, 0.25) is 0 Å². The van der Waals surface area contributed by atoms with Crippen LogP contribution in [0.3, 0.4) is 0 Å². The molecule has 1 aliphatic rings. The van der Waals surface area contributed by atoms with Crippen LogP contribution in [0.25, 0.3) is 0 Å². The van der Waals surface area contributed by atoms with Gasteiger partial charge in [0, 0.05) is 5.69 Å². The second kappa shape index (κ2) is 7.17. The van der Waals surface area contributed by atoms with Crippen molar-refractivity contribution < 1.29 is 23.5 Å². The van der Waals surface area contributed by atoms with Gasteiger partial charge in [-0.25, -0.2) is 0 Å². The van der Waals surface area contributed by atoms with Crippen molar-refractivity contribution in [1.29, 1.82) is 5.41 Å². The number of aliphatic hydroxyl groups is 1. The van der Waals surface area contributed by atoms with E-state index in [2.05, 4.69) is 0 Å². The van der Waals surface area contributed by atoms with Gasteiger partial charge >= 0.3 is 7.60 Å². The van der Waals surface area contributed by atoms with Crippen molar-refractivity contribution in [3.8, 4) is 5.75 Å². The number of hydrogen-bond acceptors (Lipinski definition) is 6. The average molecular weight is 340 g/mol. The molecule has 1 aromatic carbocycles. The zero-order chi connectivity index (χ0) is 17.0. The van der Waals surface area contributed by atoms with Crippen LogP contribution in [-0.4, -0.2) is 37.8 Å². The van der Waals surface area contributed by atoms with Gasteiger partial charge in [0.1, 0.15) is 22.7 Å². The summed E-state index contributed by atoms with van der Waals surface area (Å²) in [7, 11) is -2.15. The van der Waals surface area contributed by atoms with Gasteiger partial charge in [0.2, 0.25) is 0 Å². The molecule has 0 radical (unpaired) electrons. The van der Waals surface area contributed by atoms with Crippen molar-refractivity contribution in [3.63, 3.8) is 0 Å². The van der Waals surface area contributed by atoms with E-state index in [-0.39, 0.29) is 36.7 Å². The van der Waals surface area contributed by atoms with Crippen LogP contribution in [0.4, 0.5) is 5.69 Å². The number of benzene rings is 1. The number of nitrogens with one attached hydrogen (secondary N) is 1. The molecule has 0 fully saturated rings. The van der Waals surface area contributed by atoms with Gasteiger partial charge < -0.3 is 23.8 Å². The summed E-state index contributed by atoms with van der Waals surface area (Å²) < 4.78 is 28.5. The molecule has 0 amide bonds. The largest absolute Gasteiger partial charge is 0.509 e. The van der Waals surface area contributed by atoms with Crippen molar-refractivity contribution in [2.75, 3.05) is 31.8 Å². The summed E-state index contributed by atoms with van der Waals surface area (Å²) in [6.45, 7) is 3.73. The number of hydrogen-bond donors (Lipinski definition) is 2. The van der Waals surface area contributed by atoms with Crippen molar-refractivity contribution in [2.24, 2.45) is 0 Å². The molecular formula is C15H21N2O5P. The molecule has 1 aliphatic heterocycles. The molecule has 0 aliphatic carbocycles. The van der Waals surface area contributed by atoms with Crippen LogP contribution < -0.4 is 9.64 Å². The Hall–Kier alpha value is -1.82. The number of rotatable bonds is 7. The molecule has 23 heavy (non-hydrogen) atoms. The highest BCUT2D eigenvalue weighted by Crippen LogP contribution is 2.59. The Morgan fingerprint density at radius 1 is 1.22 bits per heavy atom. The molecule has 8 heteroatoms. The smallest absolute Gasteiger partial charge is 0.368 e. The van der Waals surface area contributed by atoms with Gasteiger partial charge in [0.05, 0.1) is 26.9 Å². The minimum atomic E-state index is -3.71. The Kier molecular flexibility index (Phi) is 5.46. The summed E-state index contributed by atoms with van der Waals surface area (Å²) in [4.78, 5) is 1.54. The van der Waals surface area contributed by atoms with Gasteiger partial charge in [0.15, 0.2) is 0 Å². The average Bonchev–Trinajstić information content (AvgIpc) is 2.83. The summed E-state index contributed by atoms with van der Waals surface area (Å²) in [5.74, 6) is 0.431. The first-order valence-electron chi connectivity index (χ1n) is 7.29. The van der Waals surface area contributed by atoms with E-state index >= 15 is 0 Å². The topological polar surface area (TPSA) is 92.1 Å². The Morgan fingerprint density at radius 2 is 1.78 bits per heavy atom. The molecular weight excluding hydrogens is 319 g/mol. The summed E-state index contributed by atoms with van der Waals surface area (Å²) in [6.07, 6.45) is 0. The number of amidine groups is 1. The van der Waals surface area contributed by atoms with Crippen LogP contribution in [0.5, 0.6) is 5.75 Å². The first kappa shape index (κ1) is 17.5. The molecule has 0 spiro atoms. The standard InChI is InChI=1S/C15H21N2O5P/c1-4-21-23(19,22-5-2)14-13(18)10-17(15(14)16)11-6-8-12(20-3)9-7-11/h6-9,16,18H,4-5,10H2,1-3H3. The number of aliphatic hydroxyl groups excluding tert-OH is 1. The van der Waals surface area contributed by atoms with Crippen molar-refractivity contribution >= 4 is 19.1 Å². The van der Waals surface area contributed by atoms with Crippen LogP contribution in [-0.2, 0) is 13.6 Å². The number of nitrogens with zero attached hydrogens (tertiary/aromatic N) is 1. The van der Waals surface area contributed by atoms with E-state index in [9.17, 15) is 9.67 Å². The lowest BCUT2D eigenvalue weighted by molar-refractivity contribution is 0.226. The van der Waals surface area contributed by atoms with Crippen LogP contribution in [0.15, 0.2) is 35.3 Å². The zero-order valence-electron chi connectivity index (χ0n) is 13.4. The maximum Gasteiger partial charge on any atom is 0.368 e. The minimum absolute atomic E-state index is 0.0463. The Balaban J connectivity index is 2.31. The van der Waals surface area contributed by atoms with Gasteiger partial charge in [-0.15, -0.1) is 0 Å². The lowest BCUT2D eigenvalue weighted by Gasteiger charge is -2.22. The van der Waals surface area contributed by atoms with E-state index in [0.29, 0.717) is 11.4 Å². The van der Waals surface area contributed by atoms with Crippen LogP contribution in [0, 0.1) is 5.41 Å². The highest BCUT2D eigenvalue weighted by atomic mass is 31.2. The van der Waals surface area contributed by atoms with E-state index in [4.69, 9.17) is 19.2 Å². The van der Waals surface area contributed by atoms with E-state index in [1.807, 2.05) is 0 Å². The molecule has 0 atom stereocenters. The van der Waals surface area contributed by atoms with Gasteiger partial charge in [0.25, 0.3) is 0 Å². The Morgan fingerprint density at radius 3 is 2.26 bits per heavy atom. The molecule has 0 bridgehead atoms. The molecule has 2 rings (SSSR count). The third-order valence-electron chi connectivity index (χ3n) is 3.33. The van der Waals surface area contributed by atoms with Crippen LogP contribution in [0.1, 0.15) is 13.8 Å². The summed E-state index contributed by atoms with van der Waals surface area (Å²) in [5, 5.41) is 18.4. The second-order valence-electron chi connectivity index (χ2n) is 4.76. The highest BCUT2D eigenvalue weighted by molar-refractivity contribution is 7.60. The summed E-state index contributed by atoms with van der Waals surface area (Å²) in [5.41, 5.74) is 0.678. The lowest BCUT2D eigenvalue weighted by atomic mass is 10.3. The fraction of sp³-hybridized carbons (Fsp3) is 0.400. The predicted octanol–water partition coefficient (Wildman–Crippen LogP) is 3.53. The highest BCUT2D eigenvalue weighted by Gasteiger charge is 2.42. The fourth-order valence-corrected chi connectivity index (χ4v) is 4.12. The minimum Gasteiger partial charge on any atom is -0.509 e. The molecule has 0 saturated heterocycles. The number of anilines is 1. The third-order valence-corrected chi connectivity index (χ3v) is 5.55. The lowest BCUT2D eigenvalue weighted by Crippen LogP contribution is -2.26. The number of methoxy groups -OCH3 is 1. The summed E-state index contributed by atoms with van der Waals surface area (Å²) >= 11 is 0. The van der Waals surface area contributed by atoms with E-state index < -0.39 is 7.60 Å². The monoisotopic (exact) mass is 340 g/mol. The first-order valence-corrected chi connectivity index (χ1v) is 8.83. The van der Waals surface area contributed by atoms with Gasteiger partial charge in [-0.1, -0.05) is 0 Å². The molecule has 1 aromatic rings. The molecule has 126 valence electrons. The third kappa shape index (κ3) is 3.42. The normalized spacial score (nSPS) is 15.4. The van der Waals surface area contributed by atoms with Gasteiger partial charge in [-0.3, -0.25) is 9.97 Å². The van der Waals surface area contributed by atoms with Crippen LogP contribution >= 0.6 is 7.60 Å². The molecule has 2 N–H and O–H groups in total. The molecule has 0 unspecified atom stereocenters. The Labute approximate surface area is 135 Å². The maximum absolute atomic E-state index is 12.9. The molecule has 0 aromatic heterocycles. The second-order valence-corrected chi connectivity index (χ2v) is 6.72. The fourth-order valence-electron chi connectivity index (χ4n) is 2.34. The van der Waals surface area contributed by atoms with E-state index in [1.54, 1.807) is 45.2 Å². The zero-order valence-corrected chi connectivity index (χ0v) is 14.3. The van der Waals surface area contributed by atoms with Gasteiger partial charge in [-0.05, 0) is 38.1 Å². The van der Waals surface area contributed by atoms with E-state index in [0.717, 1.165) is 0 Å². The van der Waals surface area contributed by atoms with Gasteiger partial charge in [-0.2, -0.15) is 0 Å². The quantitative estimate of drug-likeness (QED) is 0.738. The summed E-state index contributed by atoms with van der Waals surface area (Å²) in [6, 6.07) is 7.02. The van der Waals surface area contributed by atoms with Crippen molar-refractivity contribution in [2.45, 2.75) is 13.8 Å². The van der Waals surface area contributed by atoms with Crippen molar-refractivity contribution in [3.05, 3.63) is 35.3 Å². The molecule has 7 nitrogen and oxygen atoms in total. The maximum atomic E-state index is 12.9. The molecule has 0 saturated carbocycles. The molecule has 1 heterocycles. The number of ether oxygens (including phenoxy) is 1. The SMILES string of the molecule is CCOP(=O)(OCC)C1=C(O)CN(c2ccc(OC)cc2)C1=N. The first-order chi connectivity index (χ1) is 11.0.